The Kier molecular flexibility index (Phi) is 4.47. The van der Waals surface area contributed by atoms with Gasteiger partial charge in [0, 0.05) is 27.5 Å². The minimum absolute atomic E-state index is 0. The number of hydrogen-bond donors (Lipinski definition) is 0. The molecule has 3 nitrogen and oxygen atoms in total. The van der Waals surface area contributed by atoms with E-state index in [4.69, 9.17) is 10.7 Å². The zero-order valence-corrected chi connectivity index (χ0v) is 9.54. The molecule has 1 aromatic rings. The predicted octanol–water partition coefficient (Wildman–Crippen LogP) is 2.19. The fourth-order valence-electron chi connectivity index (χ4n) is 0.526. The maximum atomic E-state index is 10.7. The summed E-state index contributed by atoms with van der Waals surface area (Å²) < 4.78 is 22.0. The SMILES string of the molecule is Cl.O=S(=O)(Cl)c1cncc(Br)c1. The second-order valence-corrected chi connectivity index (χ2v) is 5.26. The smallest absolute Gasteiger partial charge is 0.262 e. The molecule has 0 saturated carbocycles. The van der Waals surface area contributed by atoms with E-state index in [1.54, 1.807) is 0 Å². The minimum atomic E-state index is -3.65. The van der Waals surface area contributed by atoms with Crippen LogP contribution in [0.15, 0.2) is 27.8 Å². The molecule has 7 heteroatoms. The molecule has 0 N–H and O–H groups in total. The summed E-state index contributed by atoms with van der Waals surface area (Å²) in [5.41, 5.74) is 0. The Balaban J connectivity index is 0.00000121. The monoisotopic (exact) mass is 291 g/mol. The van der Waals surface area contributed by atoms with E-state index in [-0.39, 0.29) is 17.3 Å². The van der Waals surface area contributed by atoms with E-state index in [0.717, 1.165) is 0 Å². The van der Waals surface area contributed by atoms with Gasteiger partial charge in [-0.05, 0) is 22.0 Å². The molecule has 1 aromatic heterocycles. The maximum Gasteiger partial charge on any atom is 0.262 e. The molecule has 1 heterocycles. The lowest BCUT2D eigenvalue weighted by Gasteiger charge is -1.93. The topological polar surface area (TPSA) is 47.0 Å². The molecule has 0 aliphatic carbocycles. The van der Waals surface area contributed by atoms with Crippen molar-refractivity contribution in [1.29, 1.82) is 0 Å². The Bertz CT molecular complexity index is 367. The highest BCUT2D eigenvalue weighted by atomic mass is 79.9. The summed E-state index contributed by atoms with van der Waals surface area (Å²) in [5, 5.41) is 0. The fraction of sp³-hybridized carbons (Fsp3) is 0. The first kappa shape index (κ1) is 12.2. The van der Waals surface area contributed by atoms with Crippen LogP contribution in [0.3, 0.4) is 0 Å². The molecule has 0 spiro atoms. The van der Waals surface area contributed by atoms with E-state index in [1.165, 1.54) is 18.5 Å². The van der Waals surface area contributed by atoms with Gasteiger partial charge in [0.2, 0.25) is 0 Å². The van der Waals surface area contributed by atoms with Gasteiger partial charge in [0.1, 0.15) is 4.90 Å². The van der Waals surface area contributed by atoms with Gasteiger partial charge in [-0.25, -0.2) is 8.42 Å². The largest absolute Gasteiger partial charge is 0.262 e. The van der Waals surface area contributed by atoms with Gasteiger partial charge in [-0.1, -0.05) is 0 Å². The standard InChI is InChI=1S/C5H3BrClNO2S.ClH/c6-4-1-5(3-8-2-4)11(7,9)10;/h1-3H;1H. The first-order valence-corrected chi connectivity index (χ1v) is 5.65. The summed E-state index contributed by atoms with van der Waals surface area (Å²) in [6.45, 7) is 0. The van der Waals surface area contributed by atoms with Crippen LogP contribution in [0.1, 0.15) is 0 Å². The number of rotatable bonds is 1. The van der Waals surface area contributed by atoms with Crippen LogP contribution < -0.4 is 0 Å². The number of pyridine rings is 1. The van der Waals surface area contributed by atoms with Crippen LogP contribution in [-0.2, 0) is 9.05 Å². The van der Waals surface area contributed by atoms with Crippen molar-refractivity contribution in [1.82, 2.24) is 4.98 Å². The average Bonchev–Trinajstić information content (AvgIpc) is 1.86. The van der Waals surface area contributed by atoms with Crippen LogP contribution in [0.4, 0.5) is 0 Å². The molecule has 68 valence electrons. The van der Waals surface area contributed by atoms with E-state index in [2.05, 4.69) is 20.9 Å². The van der Waals surface area contributed by atoms with Crippen molar-refractivity contribution in [2.24, 2.45) is 0 Å². The number of nitrogens with zero attached hydrogens (tertiary/aromatic N) is 1. The molecule has 0 aliphatic heterocycles. The summed E-state index contributed by atoms with van der Waals surface area (Å²) in [7, 11) is 1.40. The van der Waals surface area contributed by atoms with E-state index in [9.17, 15) is 8.42 Å². The lowest BCUT2D eigenvalue weighted by molar-refractivity contribution is 0.609. The quantitative estimate of drug-likeness (QED) is 0.746. The summed E-state index contributed by atoms with van der Waals surface area (Å²) in [5.74, 6) is 0. The third kappa shape index (κ3) is 3.26. The number of aromatic nitrogens is 1. The Morgan fingerprint density at radius 3 is 2.33 bits per heavy atom. The van der Waals surface area contributed by atoms with Gasteiger partial charge in [0.05, 0.1) is 0 Å². The molecule has 12 heavy (non-hydrogen) atoms. The van der Waals surface area contributed by atoms with Gasteiger partial charge in [-0.2, -0.15) is 0 Å². The van der Waals surface area contributed by atoms with Gasteiger partial charge < -0.3 is 0 Å². The lowest BCUT2D eigenvalue weighted by atomic mass is 10.5. The lowest BCUT2D eigenvalue weighted by Crippen LogP contribution is -1.90. The molecular weight excluding hydrogens is 289 g/mol. The second-order valence-electron chi connectivity index (χ2n) is 1.78. The summed E-state index contributed by atoms with van der Waals surface area (Å²) >= 11 is 3.07. The molecular formula is C5H4BrCl2NO2S. The van der Waals surface area contributed by atoms with Crippen molar-refractivity contribution in [3.05, 3.63) is 22.9 Å². The van der Waals surface area contributed by atoms with Gasteiger partial charge in [0.15, 0.2) is 0 Å². The van der Waals surface area contributed by atoms with Crippen molar-refractivity contribution in [2.75, 3.05) is 0 Å². The second kappa shape index (κ2) is 4.41. The van der Waals surface area contributed by atoms with Crippen LogP contribution in [0.2, 0.25) is 0 Å². The first-order valence-electron chi connectivity index (χ1n) is 2.55. The Hall–Kier alpha value is 0.160. The number of hydrogen-bond acceptors (Lipinski definition) is 3. The Morgan fingerprint density at radius 2 is 2.00 bits per heavy atom. The highest BCUT2D eigenvalue weighted by molar-refractivity contribution is 9.10. The van der Waals surface area contributed by atoms with Crippen molar-refractivity contribution < 1.29 is 8.42 Å². The highest BCUT2D eigenvalue weighted by Crippen LogP contribution is 2.17. The van der Waals surface area contributed by atoms with Gasteiger partial charge in [-0.3, -0.25) is 4.98 Å². The van der Waals surface area contributed by atoms with E-state index >= 15 is 0 Å². The van der Waals surface area contributed by atoms with Crippen LogP contribution in [0.25, 0.3) is 0 Å². The maximum absolute atomic E-state index is 10.7. The normalized spacial score (nSPS) is 10.5. The van der Waals surface area contributed by atoms with Gasteiger partial charge >= 0.3 is 0 Å². The van der Waals surface area contributed by atoms with Crippen molar-refractivity contribution >= 4 is 48.1 Å². The zero-order valence-electron chi connectivity index (χ0n) is 5.57. The molecule has 0 unspecified atom stereocenters. The van der Waals surface area contributed by atoms with Crippen LogP contribution in [0.5, 0.6) is 0 Å². The molecule has 0 aliphatic rings. The molecule has 0 bridgehead atoms. The minimum Gasteiger partial charge on any atom is -0.262 e. The molecule has 0 fully saturated rings. The zero-order chi connectivity index (χ0) is 8.48. The highest BCUT2D eigenvalue weighted by Gasteiger charge is 2.09. The van der Waals surface area contributed by atoms with Crippen LogP contribution in [-0.4, -0.2) is 13.4 Å². The molecule has 0 aromatic carbocycles. The average molecular weight is 293 g/mol. The van der Waals surface area contributed by atoms with E-state index in [1.807, 2.05) is 0 Å². The van der Waals surface area contributed by atoms with Crippen LogP contribution in [0, 0.1) is 0 Å². The summed E-state index contributed by atoms with van der Waals surface area (Å²) in [6.07, 6.45) is 2.67. The molecule has 1 rings (SSSR count). The third-order valence-electron chi connectivity index (χ3n) is 0.961. The van der Waals surface area contributed by atoms with Crippen molar-refractivity contribution in [2.45, 2.75) is 4.90 Å². The first-order chi connectivity index (χ1) is 5.00. The van der Waals surface area contributed by atoms with Gasteiger partial charge in [-0.15, -0.1) is 12.4 Å². The molecule has 0 atom stereocenters. The van der Waals surface area contributed by atoms with Crippen molar-refractivity contribution in [3.63, 3.8) is 0 Å². The van der Waals surface area contributed by atoms with Gasteiger partial charge in [0.25, 0.3) is 9.05 Å². The molecule has 0 radical (unpaired) electrons. The van der Waals surface area contributed by atoms with E-state index in [0.29, 0.717) is 4.47 Å². The predicted molar refractivity (Wildman–Crippen MR) is 52.2 cm³/mol. The number of halogens is 3. The molecule has 0 saturated heterocycles. The summed E-state index contributed by atoms with van der Waals surface area (Å²) in [6, 6.07) is 1.38. The van der Waals surface area contributed by atoms with E-state index < -0.39 is 9.05 Å². The van der Waals surface area contributed by atoms with Crippen LogP contribution >= 0.6 is 39.0 Å². The molecule has 0 amide bonds. The Labute approximate surface area is 89.1 Å². The Morgan fingerprint density at radius 1 is 1.42 bits per heavy atom. The third-order valence-corrected chi connectivity index (χ3v) is 2.72. The fourth-order valence-corrected chi connectivity index (χ4v) is 1.75. The summed E-state index contributed by atoms with van der Waals surface area (Å²) in [4.78, 5) is 3.63. The van der Waals surface area contributed by atoms with Crippen molar-refractivity contribution in [3.8, 4) is 0 Å².